The molecule has 6 aromatic rings. The number of alkyl halides is 6. The van der Waals surface area contributed by atoms with E-state index in [1.165, 1.54) is 30.5 Å². The number of aliphatic hydroxyl groups is 1. The second-order valence-corrected chi connectivity index (χ2v) is 31.4. The topological polar surface area (TPSA) is 208 Å². The predicted molar refractivity (Wildman–Crippen MR) is 394 cm³/mol. The normalized spacial score (nSPS) is 18.6. The summed E-state index contributed by atoms with van der Waals surface area (Å²) < 4.78 is 110. The van der Waals surface area contributed by atoms with Gasteiger partial charge in [-0.3, -0.25) is 9.69 Å². The van der Waals surface area contributed by atoms with Gasteiger partial charge in [0, 0.05) is 41.3 Å². The Bertz CT molecular complexity index is 4060. The number of benzene rings is 2. The lowest BCUT2D eigenvalue weighted by Crippen LogP contribution is -2.35. The molecule has 0 saturated carbocycles. The van der Waals surface area contributed by atoms with Crippen molar-refractivity contribution in [3.8, 4) is 23.0 Å². The van der Waals surface area contributed by atoms with Crippen LogP contribution in [0, 0.1) is 30.1 Å². The molecule has 0 unspecified atom stereocenters. The van der Waals surface area contributed by atoms with Gasteiger partial charge in [-0.05, 0) is 253 Å². The number of nitrogens with one attached hydrogen (secondary N) is 1. The fraction of sp³-hybridized carbons (Fsp3) is 0.459. The van der Waals surface area contributed by atoms with E-state index in [2.05, 4.69) is 131 Å². The molecule has 1 amide bonds. The molecule has 0 radical (unpaired) electrons. The first-order valence-electron chi connectivity index (χ1n) is 32.7. The number of carbonyl (C=O) groups excluding carboxylic acids is 2. The van der Waals surface area contributed by atoms with Crippen LogP contribution in [0.2, 0.25) is 0 Å². The van der Waals surface area contributed by atoms with E-state index in [-0.39, 0.29) is 21.8 Å². The summed E-state index contributed by atoms with van der Waals surface area (Å²) in [4.78, 5) is 42.6. The number of aldehydes is 1. The van der Waals surface area contributed by atoms with E-state index in [0.717, 1.165) is 142 Å². The van der Waals surface area contributed by atoms with Crippen molar-refractivity contribution < 1.29 is 74.8 Å². The third-order valence-electron chi connectivity index (χ3n) is 18.5. The molecule has 16 nitrogen and oxygen atoms in total. The van der Waals surface area contributed by atoms with E-state index in [4.69, 9.17) is 33.7 Å². The predicted octanol–water partition coefficient (Wildman–Crippen LogP) is 18.1. The molecule has 3 aliphatic carbocycles. The Morgan fingerprint density at radius 3 is 1.50 bits per heavy atom. The first-order chi connectivity index (χ1) is 47.2. The average molecular weight is 1660 g/mol. The third kappa shape index (κ3) is 21.9. The highest BCUT2D eigenvalue weighted by Crippen LogP contribution is 2.49. The molecule has 5 heterocycles. The number of amides is 1. The zero-order chi connectivity index (χ0) is 74.9. The van der Waals surface area contributed by atoms with Crippen LogP contribution >= 0.6 is 63.7 Å². The van der Waals surface area contributed by atoms with Crippen molar-refractivity contribution in [3.63, 3.8) is 0 Å². The van der Waals surface area contributed by atoms with E-state index < -0.39 is 61.0 Å². The number of aromatic nitrogens is 4. The molecule has 4 aliphatic rings. The molecule has 4 atom stereocenters. The van der Waals surface area contributed by atoms with Crippen LogP contribution in [0.1, 0.15) is 175 Å². The molecule has 1 aliphatic heterocycles. The molecule has 1 fully saturated rings. The van der Waals surface area contributed by atoms with Crippen molar-refractivity contribution in [2.75, 3.05) is 41.5 Å². The van der Waals surface area contributed by atoms with Crippen LogP contribution in [-0.2, 0) is 21.9 Å². The summed E-state index contributed by atoms with van der Waals surface area (Å²) in [6.07, 6.45) is 4.24. The maximum atomic E-state index is 13.4. The Labute approximate surface area is 621 Å². The first kappa shape index (κ1) is 82.1. The fourth-order valence-electron chi connectivity index (χ4n) is 13.1. The number of cyclic esters (lactones) is 1. The summed E-state index contributed by atoms with van der Waals surface area (Å²) >= 11 is 13.4. The Morgan fingerprint density at radius 1 is 0.624 bits per heavy atom. The number of hydrogen-bond donors (Lipinski definition) is 4. The molecule has 10 rings (SSSR count). The highest BCUT2D eigenvalue weighted by Gasteiger charge is 2.43. The average Bonchev–Trinajstić information content (AvgIpc) is 1.68. The van der Waals surface area contributed by atoms with Gasteiger partial charge in [0.1, 0.15) is 53.8 Å². The van der Waals surface area contributed by atoms with Crippen LogP contribution in [0.25, 0.3) is 16.7 Å². The lowest BCUT2D eigenvalue weighted by Gasteiger charge is -2.35. The van der Waals surface area contributed by atoms with Gasteiger partial charge >= 0.3 is 25.6 Å². The monoisotopic (exact) mass is 1660 g/mol. The summed E-state index contributed by atoms with van der Waals surface area (Å²) in [6, 6.07) is 14.0. The van der Waals surface area contributed by atoms with Crippen molar-refractivity contribution >= 4 is 105 Å². The molecular formula is C74H87BBr4F6N6O10. The Hall–Kier alpha value is -6.20. The van der Waals surface area contributed by atoms with E-state index in [1.807, 2.05) is 25.1 Å². The maximum absolute atomic E-state index is 13.4. The van der Waals surface area contributed by atoms with Crippen molar-refractivity contribution in [2.24, 2.45) is 16.2 Å². The number of aliphatic hydroxyl groups excluding tert-OH is 1. The van der Waals surface area contributed by atoms with Crippen LogP contribution in [0.3, 0.4) is 0 Å². The molecule has 2 aromatic carbocycles. The minimum Gasteiger partial charge on any atom is -0.496 e. The zero-order valence-corrected chi connectivity index (χ0v) is 65.4. The third-order valence-corrected chi connectivity index (χ3v) is 20.2. The first-order valence-corrected chi connectivity index (χ1v) is 35.9. The summed E-state index contributed by atoms with van der Waals surface area (Å²) in [6.45, 7) is 20.9. The minimum atomic E-state index is -4.47. The van der Waals surface area contributed by atoms with Crippen LogP contribution in [0.4, 0.5) is 31.1 Å². The number of ether oxygens (including phenoxy) is 5. The number of hydrogen-bond acceptors (Lipinski definition) is 15. The van der Waals surface area contributed by atoms with Gasteiger partial charge in [-0.1, -0.05) is 70.4 Å². The highest BCUT2D eigenvalue weighted by atomic mass is 79.9. The number of halogens is 10. The molecule has 27 heteroatoms. The molecule has 4 N–H and O–H groups in total. The van der Waals surface area contributed by atoms with Crippen LogP contribution in [0.5, 0.6) is 23.0 Å². The van der Waals surface area contributed by atoms with Crippen LogP contribution in [-0.4, -0.2) is 113 Å². The number of allylic oxidation sites excluding steroid dienone is 4. The smallest absolute Gasteiger partial charge is 0.492 e. The Morgan fingerprint density at radius 2 is 1.04 bits per heavy atom. The van der Waals surface area contributed by atoms with Gasteiger partial charge in [0.25, 0.3) is 0 Å². The number of rotatable bonds is 17. The largest absolute Gasteiger partial charge is 0.496 e. The SMILES string of the molecule is COc1cnc(Br)cc1B(O)O.COc1cnc(Br)cc1C1=C(C=O)CC(C)(C)CC1.COc1cnc(Br)cc1C1=C(CN2C(=O)O[C@H](c3cc(C)cc(C(F)(F)F)c3)[C@@H]2C)CC(C)(C)CC1.COc1cnc(Br)cc1C1=C(CN[C@@H](C)[C@H](O)c2cc(C)cc(C(F)(F)F)c2)CC(C)(C)CC1. The second kappa shape index (κ2) is 34.6. The number of carbonyl (C=O) groups is 2. The van der Waals surface area contributed by atoms with Gasteiger partial charge < -0.3 is 44.2 Å². The highest BCUT2D eigenvalue weighted by molar-refractivity contribution is 9.11. The second-order valence-electron chi connectivity index (χ2n) is 28.1. The number of nitrogens with zero attached hydrogens (tertiary/aromatic N) is 5. The summed E-state index contributed by atoms with van der Waals surface area (Å²) in [7, 11) is 4.75. The molecule has 0 bridgehead atoms. The standard InChI is InChI=1S/C27H30BrF3N2O3.C26H32BrF3N2O2.C15H18BrNO2.C6H7BBrNO3/c1-15-8-17(10-19(9-15)27(29,30)31)24-16(2)33(25(34)36-24)14-18-12-26(3,4)7-6-20(18)21-11-23(28)32-13-22(21)35-5;1-15-8-17(10-19(9-15)26(28,29)30)24(33)16(2)31-13-18-12-25(3,4)7-6-20(18)21-11-23(27)32-14-22(21)34-5;1-15(2)5-4-11(10(7-15)9-18)12-6-14(16)17-8-13(12)19-3;1-12-5-3-9-6(8)2-4(5)7(10)11/h8-11,13,16,24H,6-7,12,14H2,1-5H3;8-11,14,16,24,31,33H,6-7,12-13H2,1-5H3;6,8-9H,4-5,7H2,1-3H3;2-3,10-11H,1H3/t2*16-,24-;;/m00../s1. The van der Waals surface area contributed by atoms with Gasteiger partial charge in [0.15, 0.2) is 0 Å². The van der Waals surface area contributed by atoms with Crippen LogP contribution < -0.4 is 29.7 Å². The van der Waals surface area contributed by atoms with Gasteiger partial charge in [-0.25, -0.2) is 24.7 Å². The van der Waals surface area contributed by atoms with E-state index in [1.54, 1.807) is 77.7 Å². The van der Waals surface area contributed by atoms with Crippen LogP contribution in [0.15, 0.2) is 121 Å². The lowest BCUT2D eigenvalue weighted by atomic mass is 9.72. The van der Waals surface area contributed by atoms with Gasteiger partial charge in [-0.2, -0.15) is 26.3 Å². The lowest BCUT2D eigenvalue weighted by molar-refractivity contribution is -0.138. The quantitative estimate of drug-likeness (QED) is 0.0290. The molecule has 0 spiro atoms. The molecule has 546 valence electrons. The summed E-state index contributed by atoms with van der Waals surface area (Å²) in [5.74, 6) is 2.42. The molecule has 4 aromatic heterocycles. The summed E-state index contributed by atoms with van der Waals surface area (Å²) in [5.41, 5.74) is 10.1. The molecule has 1 saturated heterocycles. The molecular weight excluding hydrogens is 1580 g/mol. The Balaban J connectivity index is 0.000000203. The number of aryl methyl sites for hydroxylation is 2. The molecule has 101 heavy (non-hydrogen) atoms. The Kier molecular flexibility index (Phi) is 28.1. The maximum Gasteiger partial charge on any atom is 0.492 e. The van der Waals surface area contributed by atoms with E-state index in [0.29, 0.717) is 61.7 Å². The summed E-state index contributed by atoms with van der Waals surface area (Å²) in [5, 5.41) is 32.0. The zero-order valence-electron chi connectivity index (χ0n) is 59.0. The van der Waals surface area contributed by atoms with E-state index in [9.17, 15) is 41.0 Å². The minimum absolute atomic E-state index is 0.0424. The van der Waals surface area contributed by atoms with Crippen molar-refractivity contribution in [1.82, 2.24) is 30.2 Å². The van der Waals surface area contributed by atoms with Crippen molar-refractivity contribution in [1.29, 1.82) is 0 Å². The van der Waals surface area contributed by atoms with Crippen molar-refractivity contribution in [2.45, 2.75) is 164 Å². The van der Waals surface area contributed by atoms with Gasteiger partial charge in [0.2, 0.25) is 0 Å². The van der Waals surface area contributed by atoms with Crippen molar-refractivity contribution in [3.05, 3.63) is 171 Å². The van der Waals surface area contributed by atoms with E-state index >= 15 is 0 Å². The number of methoxy groups -OCH3 is 4. The van der Waals surface area contributed by atoms with Gasteiger partial charge in [-0.15, -0.1) is 0 Å². The fourth-order valence-corrected chi connectivity index (χ4v) is 14.5. The van der Waals surface area contributed by atoms with Gasteiger partial charge in [0.05, 0.1) is 76.5 Å². The number of pyridine rings is 4.